The molecule has 92 valence electrons. The third-order valence-corrected chi connectivity index (χ3v) is 3.32. The van der Waals surface area contributed by atoms with E-state index in [2.05, 4.69) is 0 Å². The number of aliphatic hydroxyl groups is 1. The first kappa shape index (κ1) is 12.9. The van der Waals surface area contributed by atoms with Gasteiger partial charge in [-0.05, 0) is 12.5 Å². The fourth-order valence-corrected chi connectivity index (χ4v) is 2.00. The zero-order chi connectivity index (χ0) is 13.4. The van der Waals surface area contributed by atoms with Crippen molar-refractivity contribution in [3.8, 4) is 0 Å². The lowest BCUT2D eigenvalue weighted by atomic mass is 9.86. The van der Waals surface area contributed by atoms with Crippen molar-refractivity contribution < 1.29 is 14.7 Å². The van der Waals surface area contributed by atoms with Crippen LogP contribution in [-0.2, 0) is 4.79 Å². The topological polar surface area (TPSA) is 54.4 Å². The second-order valence-corrected chi connectivity index (χ2v) is 4.76. The van der Waals surface area contributed by atoms with Gasteiger partial charge in [0.1, 0.15) is 10.3 Å². The second-order valence-electron chi connectivity index (χ2n) is 3.81. The van der Waals surface area contributed by atoms with Crippen LogP contribution in [-0.4, -0.2) is 16.7 Å². The Kier molecular flexibility index (Phi) is 3.28. The highest BCUT2D eigenvalue weighted by Crippen LogP contribution is 2.33. The molecule has 0 saturated carbocycles. The molecule has 1 aromatic carbocycles. The van der Waals surface area contributed by atoms with Gasteiger partial charge in [0.15, 0.2) is 0 Å². The molecule has 0 fully saturated rings. The number of allylic oxidation sites excluding steroid dienone is 2. The smallest absolute Gasteiger partial charge is 0.237 e. The van der Waals surface area contributed by atoms with Gasteiger partial charge >= 0.3 is 0 Å². The SMILES string of the molecule is CC(=C(Cl)Cl)C1=C(O)c2ccccc2C(=O)C1=O. The van der Waals surface area contributed by atoms with Crippen molar-refractivity contribution in [2.45, 2.75) is 6.92 Å². The number of carbonyl (C=O) groups excluding carboxylic acids is 2. The van der Waals surface area contributed by atoms with Crippen molar-refractivity contribution in [3.63, 3.8) is 0 Å². The molecule has 0 unspecified atom stereocenters. The number of hydrogen-bond donors (Lipinski definition) is 1. The maximum absolute atomic E-state index is 11.9. The maximum Gasteiger partial charge on any atom is 0.237 e. The van der Waals surface area contributed by atoms with E-state index in [1.165, 1.54) is 13.0 Å². The number of rotatable bonds is 1. The van der Waals surface area contributed by atoms with E-state index < -0.39 is 11.6 Å². The molecule has 0 aromatic heterocycles. The standard InChI is InChI=1S/C13H8Cl2O3/c1-6(13(14)15)9-10(16)7-4-2-3-5-8(7)11(17)12(9)18/h2-5,16H,1H3. The average molecular weight is 283 g/mol. The summed E-state index contributed by atoms with van der Waals surface area (Å²) in [7, 11) is 0. The maximum atomic E-state index is 11.9. The van der Waals surface area contributed by atoms with Gasteiger partial charge < -0.3 is 5.11 Å². The number of hydrogen-bond acceptors (Lipinski definition) is 3. The summed E-state index contributed by atoms with van der Waals surface area (Å²) in [4.78, 5) is 23.8. The van der Waals surface area contributed by atoms with Crippen LogP contribution in [0, 0.1) is 0 Å². The normalized spacial score (nSPS) is 14.6. The summed E-state index contributed by atoms with van der Waals surface area (Å²) in [5.41, 5.74) is 0.538. The van der Waals surface area contributed by atoms with Crippen LogP contribution in [0.1, 0.15) is 22.8 Å². The minimum absolute atomic E-state index is 0.140. The number of ketones is 2. The molecule has 18 heavy (non-hydrogen) atoms. The summed E-state index contributed by atoms with van der Waals surface area (Å²) >= 11 is 11.2. The van der Waals surface area contributed by atoms with Crippen LogP contribution < -0.4 is 0 Å². The minimum Gasteiger partial charge on any atom is -0.507 e. The van der Waals surface area contributed by atoms with E-state index in [4.69, 9.17) is 23.2 Å². The molecule has 5 heteroatoms. The van der Waals surface area contributed by atoms with Gasteiger partial charge in [-0.15, -0.1) is 0 Å². The summed E-state index contributed by atoms with van der Waals surface area (Å²) in [6, 6.07) is 6.34. The molecule has 1 N–H and O–H groups in total. The molecule has 1 aromatic rings. The quantitative estimate of drug-likeness (QED) is 0.803. The molecule has 2 rings (SSSR count). The molecular formula is C13H8Cl2O3. The van der Waals surface area contributed by atoms with E-state index in [1.54, 1.807) is 18.2 Å². The molecule has 3 nitrogen and oxygen atoms in total. The Labute approximate surface area is 113 Å². The Morgan fingerprint density at radius 1 is 1.06 bits per heavy atom. The Morgan fingerprint density at radius 2 is 1.61 bits per heavy atom. The lowest BCUT2D eigenvalue weighted by Crippen LogP contribution is -2.24. The Balaban J connectivity index is 2.79. The van der Waals surface area contributed by atoms with Gasteiger partial charge in [-0.2, -0.15) is 0 Å². The Morgan fingerprint density at radius 3 is 2.17 bits per heavy atom. The van der Waals surface area contributed by atoms with Crippen LogP contribution in [0.4, 0.5) is 0 Å². The third kappa shape index (κ3) is 1.85. The lowest BCUT2D eigenvalue weighted by molar-refractivity contribution is -0.111. The summed E-state index contributed by atoms with van der Waals surface area (Å²) in [5.74, 6) is -1.75. The van der Waals surface area contributed by atoms with E-state index in [0.717, 1.165) is 0 Å². The predicted octanol–water partition coefficient (Wildman–Crippen LogP) is 3.43. The minimum atomic E-state index is -0.803. The van der Waals surface area contributed by atoms with E-state index in [9.17, 15) is 14.7 Å². The summed E-state index contributed by atoms with van der Waals surface area (Å²) in [6.07, 6.45) is 0. The molecule has 0 atom stereocenters. The fourth-order valence-electron chi connectivity index (χ4n) is 1.81. The van der Waals surface area contributed by atoms with Crippen molar-refractivity contribution in [2.75, 3.05) is 0 Å². The molecule has 0 bridgehead atoms. The fraction of sp³-hybridized carbons (Fsp3) is 0.0769. The molecule has 0 aliphatic heterocycles. The highest BCUT2D eigenvalue weighted by atomic mass is 35.5. The van der Waals surface area contributed by atoms with Crippen LogP contribution >= 0.6 is 23.2 Å². The van der Waals surface area contributed by atoms with Gasteiger partial charge in [0, 0.05) is 11.1 Å². The molecule has 0 amide bonds. The van der Waals surface area contributed by atoms with Gasteiger partial charge in [-0.1, -0.05) is 47.5 Å². The first-order valence-corrected chi connectivity index (χ1v) is 5.84. The molecule has 0 radical (unpaired) electrons. The van der Waals surface area contributed by atoms with Crippen LogP contribution in [0.2, 0.25) is 0 Å². The number of Topliss-reactive ketones (excluding diaryl/α,β-unsaturated/α-hetero) is 2. The average Bonchev–Trinajstić information content (AvgIpc) is 2.36. The molecule has 1 aliphatic rings. The summed E-state index contributed by atoms with van der Waals surface area (Å²) in [5, 5.41) is 10.1. The first-order valence-electron chi connectivity index (χ1n) is 5.09. The van der Waals surface area contributed by atoms with Crippen molar-refractivity contribution in [3.05, 3.63) is 51.0 Å². The van der Waals surface area contributed by atoms with Gasteiger partial charge in [-0.3, -0.25) is 9.59 Å². The van der Waals surface area contributed by atoms with Crippen LogP contribution in [0.5, 0.6) is 0 Å². The third-order valence-electron chi connectivity index (χ3n) is 2.76. The molecule has 0 saturated heterocycles. The van der Waals surface area contributed by atoms with Gasteiger partial charge in [0.2, 0.25) is 11.6 Å². The number of carbonyl (C=O) groups is 2. The van der Waals surface area contributed by atoms with E-state index in [0.29, 0.717) is 5.56 Å². The lowest BCUT2D eigenvalue weighted by Gasteiger charge is -2.18. The van der Waals surface area contributed by atoms with Crippen LogP contribution in [0.3, 0.4) is 0 Å². The zero-order valence-corrected chi connectivity index (χ0v) is 10.8. The molecule has 0 spiro atoms. The molecule has 0 heterocycles. The van der Waals surface area contributed by atoms with Gasteiger partial charge in [-0.25, -0.2) is 0 Å². The first-order chi connectivity index (χ1) is 8.45. The van der Waals surface area contributed by atoms with Crippen LogP contribution in [0.15, 0.2) is 39.9 Å². The Hall–Kier alpha value is -1.58. The van der Waals surface area contributed by atoms with Gasteiger partial charge in [0.05, 0.1) is 5.57 Å². The number of fused-ring (bicyclic) bond motifs is 1. The van der Waals surface area contributed by atoms with E-state index in [-0.39, 0.29) is 27.0 Å². The van der Waals surface area contributed by atoms with Crippen molar-refractivity contribution >= 4 is 40.5 Å². The Bertz CT molecular complexity index is 623. The number of halogens is 2. The monoisotopic (exact) mass is 282 g/mol. The van der Waals surface area contributed by atoms with E-state index in [1.807, 2.05) is 0 Å². The van der Waals surface area contributed by atoms with E-state index >= 15 is 0 Å². The van der Waals surface area contributed by atoms with Crippen molar-refractivity contribution in [2.24, 2.45) is 0 Å². The zero-order valence-electron chi connectivity index (χ0n) is 9.33. The molecular weight excluding hydrogens is 275 g/mol. The highest BCUT2D eigenvalue weighted by Gasteiger charge is 2.33. The van der Waals surface area contributed by atoms with Crippen molar-refractivity contribution in [1.29, 1.82) is 0 Å². The van der Waals surface area contributed by atoms with Gasteiger partial charge in [0.25, 0.3) is 0 Å². The predicted molar refractivity (Wildman–Crippen MR) is 69.7 cm³/mol. The summed E-state index contributed by atoms with van der Waals surface area (Å²) in [6.45, 7) is 1.47. The largest absolute Gasteiger partial charge is 0.507 e. The van der Waals surface area contributed by atoms with Crippen molar-refractivity contribution in [1.82, 2.24) is 0 Å². The molecule has 1 aliphatic carbocycles. The summed E-state index contributed by atoms with van der Waals surface area (Å²) < 4.78 is -0.155. The van der Waals surface area contributed by atoms with Crippen LogP contribution in [0.25, 0.3) is 5.76 Å². The number of aliphatic hydroxyl groups excluding tert-OH is 1. The highest BCUT2D eigenvalue weighted by molar-refractivity contribution is 6.58. The number of benzene rings is 1. The second kappa shape index (κ2) is 4.59.